The zero-order valence-electron chi connectivity index (χ0n) is 15.7. The fourth-order valence-electron chi connectivity index (χ4n) is 2.72. The number of rotatable bonds is 3. The monoisotopic (exact) mass is 336 g/mol. The average molecular weight is 336 g/mol. The second kappa shape index (κ2) is 8.40. The lowest BCUT2D eigenvalue weighted by atomic mass is 10.0. The van der Waals surface area contributed by atoms with Gasteiger partial charge in [0.15, 0.2) is 0 Å². The van der Waals surface area contributed by atoms with Gasteiger partial charge in [0.25, 0.3) is 0 Å². The van der Waals surface area contributed by atoms with Gasteiger partial charge in [-0.15, -0.1) is 0 Å². The van der Waals surface area contributed by atoms with Gasteiger partial charge in [-0.05, 0) is 63.1 Å². The number of hydrazine groups is 1. The number of fused-ring (bicyclic) bond motifs is 1. The molecule has 0 saturated heterocycles. The molecule has 5 N–H and O–H groups in total. The van der Waals surface area contributed by atoms with E-state index in [0.29, 0.717) is 0 Å². The number of H-pyrrole nitrogens is 1. The van der Waals surface area contributed by atoms with Crippen molar-refractivity contribution in [3.05, 3.63) is 70.9 Å². The van der Waals surface area contributed by atoms with Crippen molar-refractivity contribution < 1.29 is 0 Å². The molecule has 2 aromatic carbocycles. The van der Waals surface area contributed by atoms with Gasteiger partial charge in [-0.1, -0.05) is 24.3 Å². The highest BCUT2D eigenvalue weighted by Crippen LogP contribution is 2.19. The van der Waals surface area contributed by atoms with Crippen molar-refractivity contribution in [2.45, 2.75) is 27.7 Å². The molecule has 3 rings (SSSR count). The molecular formula is C21H28N4. The van der Waals surface area contributed by atoms with Gasteiger partial charge in [-0.25, -0.2) is 5.43 Å². The van der Waals surface area contributed by atoms with Gasteiger partial charge in [0.1, 0.15) is 0 Å². The first-order valence-corrected chi connectivity index (χ1v) is 8.46. The number of aryl methyl sites for hydroxylation is 2. The van der Waals surface area contributed by atoms with E-state index in [9.17, 15) is 0 Å². The van der Waals surface area contributed by atoms with Gasteiger partial charge in [-0.3, -0.25) is 0 Å². The molecule has 0 unspecified atom stereocenters. The minimum Gasteiger partial charge on any atom is -0.399 e. The summed E-state index contributed by atoms with van der Waals surface area (Å²) < 4.78 is 0. The van der Waals surface area contributed by atoms with E-state index in [1.807, 2.05) is 32.2 Å². The van der Waals surface area contributed by atoms with Crippen LogP contribution in [0.2, 0.25) is 0 Å². The zero-order valence-corrected chi connectivity index (χ0v) is 15.7. The molecule has 0 radical (unpaired) electrons. The highest BCUT2D eigenvalue weighted by atomic mass is 15.3. The number of aromatic nitrogens is 1. The molecule has 0 aliphatic rings. The van der Waals surface area contributed by atoms with Crippen LogP contribution in [0.15, 0.2) is 48.5 Å². The van der Waals surface area contributed by atoms with Crippen LogP contribution < -0.4 is 16.6 Å². The highest BCUT2D eigenvalue weighted by molar-refractivity contribution is 5.83. The molecule has 0 fully saturated rings. The fourth-order valence-corrected chi connectivity index (χ4v) is 2.72. The Morgan fingerprint density at radius 1 is 1.08 bits per heavy atom. The van der Waals surface area contributed by atoms with E-state index in [1.54, 1.807) is 0 Å². The van der Waals surface area contributed by atoms with E-state index in [-0.39, 0.29) is 0 Å². The Kier molecular flexibility index (Phi) is 6.25. The highest BCUT2D eigenvalue weighted by Gasteiger charge is 2.01. The van der Waals surface area contributed by atoms with Gasteiger partial charge in [0.05, 0.1) is 0 Å². The Morgan fingerprint density at radius 3 is 2.52 bits per heavy atom. The lowest BCUT2D eigenvalue weighted by Gasteiger charge is -2.07. The number of nitrogens with one attached hydrogen (secondary N) is 3. The van der Waals surface area contributed by atoms with Crippen molar-refractivity contribution in [1.29, 1.82) is 0 Å². The maximum Gasteiger partial charge on any atom is 0.0494 e. The molecule has 4 nitrogen and oxygen atoms in total. The predicted molar refractivity (Wildman–Crippen MR) is 109 cm³/mol. The zero-order chi connectivity index (χ0) is 18.4. The number of benzene rings is 2. The molecule has 0 spiro atoms. The van der Waals surface area contributed by atoms with Crippen LogP contribution >= 0.6 is 0 Å². The van der Waals surface area contributed by atoms with Crippen molar-refractivity contribution in [3.63, 3.8) is 0 Å². The minimum atomic E-state index is 0.858. The maximum atomic E-state index is 5.83. The van der Waals surface area contributed by atoms with E-state index in [1.165, 1.54) is 27.7 Å². The summed E-state index contributed by atoms with van der Waals surface area (Å²) in [6.07, 6.45) is 1.93. The average Bonchev–Trinajstić information content (AvgIpc) is 2.97. The first kappa shape index (κ1) is 18.6. The molecule has 0 bridgehead atoms. The third-order valence-corrected chi connectivity index (χ3v) is 4.25. The van der Waals surface area contributed by atoms with Crippen LogP contribution in [0.4, 0.5) is 5.69 Å². The number of allylic oxidation sites excluding steroid dienone is 1. The fraction of sp³-hybridized carbons (Fsp3) is 0.238. The lowest BCUT2D eigenvalue weighted by molar-refractivity contribution is 0.985. The summed E-state index contributed by atoms with van der Waals surface area (Å²) in [6, 6.07) is 14.5. The molecule has 4 heteroatoms. The van der Waals surface area contributed by atoms with E-state index in [2.05, 4.69) is 66.9 Å². The van der Waals surface area contributed by atoms with Crippen molar-refractivity contribution in [2.75, 3.05) is 12.5 Å². The summed E-state index contributed by atoms with van der Waals surface area (Å²) in [6.45, 7) is 8.21. The predicted octanol–water partition coefficient (Wildman–Crippen LogP) is 4.65. The SMILES string of the molecule is C/C=C(\N)c1cccc(C)c1C.CNNc1ccc2[nH]c(C)cc2c1. The van der Waals surface area contributed by atoms with E-state index in [4.69, 9.17) is 5.73 Å². The number of hydrogen-bond donors (Lipinski definition) is 4. The lowest BCUT2D eigenvalue weighted by Crippen LogP contribution is -2.14. The summed E-state index contributed by atoms with van der Waals surface area (Å²) in [5.41, 5.74) is 19.8. The molecule has 0 saturated carbocycles. The molecule has 132 valence electrons. The van der Waals surface area contributed by atoms with Crippen LogP contribution in [-0.4, -0.2) is 12.0 Å². The van der Waals surface area contributed by atoms with Gasteiger partial charge < -0.3 is 16.1 Å². The number of hydrogen-bond acceptors (Lipinski definition) is 3. The summed E-state index contributed by atoms with van der Waals surface area (Å²) in [5, 5.41) is 1.23. The molecule has 0 amide bonds. The summed E-state index contributed by atoms with van der Waals surface area (Å²) in [5.74, 6) is 0. The van der Waals surface area contributed by atoms with Crippen LogP contribution in [0, 0.1) is 20.8 Å². The minimum absolute atomic E-state index is 0.858. The molecule has 1 aromatic heterocycles. The van der Waals surface area contributed by atoms with E-state index < -0.39 is 0 Å². The Balaban J connectivity index is 0.000000181. The second-order valence-electron chi connectivity index (χ2n) is 6.12. The Morgan fingerprint density at radius 2 is 1.84 bits per heavy atom. The molecule has 1 heterocycles. The summed E-state index contributed by atoms with van der Waals surface area (Å²) >= 11 is 0. The number of nitrogens with two attached hydrogens (primary N) is 1. The second-order valence-corrected chi connectivity index (χ2v) is 6.12. The first-order valence-electron chi connectivity index (χ1n) is 8.46. The Hall–Kier alpha value is -2.72. The van der Waals surface area contributed by atoms with Crippen molar-refractivity contribution in [2.24, 2.45) is 5.73 Å². The molecule has 0 atom stereocenters. The van der Waals surface area contributed by atoms with E-state index >= 15 is 0 Å². The molecule has 25 heavy (non-hydrogen) atoms. The normalized spacial score (nSPS) is 11.2. The van der Waals surface area contributed by atoms with Gasteiger partial charge in [0, 0.05) is 40.6 Å². The molecule has 0 aliphatic heterocycles. The van der Waals surface area contributed by atoms with Crippen molar-refractivity contribution >= 4 is 22.3 Å². The topological polar surface area (TPSA) is 65.9 Å². The van der Waals surface area contributed by atoms with Crippen LogP contribution in [0.5, 0.6) is 0 Å². The summed E-state index contributed by atoms with van der Waals surface area (Å²) in [4.78, 5) is 3.28. The number of anilines is 1. The molecule has 3 aromatic rings. The molecule has 0 aliphatic carbocycles. The quantitative estimate of drug-likeness (QED) is 0.527. The van der Waals surface area contributed by atoms with Crippen LogP contribution in [-0.2, 0) is 0 Å². The summed E-state index contributed by atoms with van der Waals surface area (Å²) in [7, 11) is 1.85. The third kappa shape index (κ3) is 4.64. The van der Waals surface area contributed by atoms with Crippen LogP contribution in [0.3, 0.4) is 0 Å². The van der Waals surface area contributed by atoms with Gasteiger partial charge in [-0.2, -0.15) is 0 Å². The standard InChI is InChI=1S/C11H15N.C10H13N3/c1-4-11(12)10-7-5-6-8(2)9(10)3;1-7-5-8-6-9(13-11-2)3-4-10(8)12-7/h4-7H,12H2,1-3H3;3-6,11-13H,1-2H3/b11-4-;. The molecular weight excluding hydrogens is 308 g/mol. The maximum absolute atomic E-state index is 5.83. The van der Waals surface area contributed by atoms with Gasteiger partial charge in [0.2, 0.25) is 0 Å². The van der Waals surface area contributed by atoms with Crippen LogP contribution in [0.1, 0.15) is 29.3 Å². The first-order chi connectivity index (χ1) is 12.0. The third-order valence-electron chi connectivity index (χ3n) is 4.25. The number of aromatic amines is 1. The smallest absolute Gasteiger partial charge is 0.0494 e. The Labute approximate surface area is 150 Å². The van der Waals surface area contributed by atoms with Crippen molar-refractivity contribution in [3.8, 4) is 0 Å². The largest absolute Gasteiger partial charge is 0.399 e. The van der Waals surface area contributed by atoms with Crippen molar-refractivity contribution in [1.82, 2.24) is 10.4 Å². The van der Waals surface area contributed by atoms with E-state index in [0.717, 1.165) is 16.9 Å². The Bertz CT molecular complexity index is 875. The van der Waals surface area contributed by atoms with Gasteiger partial charge >= 0.3 is 0 Å². The van der Waals surface area contributed by atoms with Crippen LogP contribution in [0.25, 0.3) is 16.6 Å².